The van der Waals surface area contributed by atoms with Gasteiger partial charge in [-0.3, -0.25) is 10.1 Å². The zero-order chi connectivity index (χ0) is 22.1. The Bertz CT molecular complexity index is 1440. The minimum absolute atomic E-state index is 0.0371. The fraction of sp³-hybridized carbons (Fsp3) is 0. The van der Waals surface area contributed by atoms with Crippen molar-refractivity contribution in [1.29, 1.82) is 5.26 Å². The second kappa shape index (κ2) is 8.44. The molecule has 0 amide bonds. The molecule has 0 aliphatic heterocycles. The van der Waals surface area contributed by atoms with Crippen LogP contribution in [0.4, 0.5) is 5.69 Å². The van der Waals surface area contributed by atoms with Crippen molar-refractivity contribution < 1.29 is 17.6 Å². The summed E-state index contributed by atoms with van der Waals surface area (Å²) in [5.41, 5.74) is -0.458. The maximum Gasteiger partial charge on any atom is 0.290 e. The van der Waals surface area contributed by atoms with Gasteiger partial charge in [0, 0.05) is 16.6 Å². The van der Waals surface area contributed by atoms with Crippen molar-refractivity contribution in [1.82, 2.24) is 0 Å². The van der Waals surface area contributed by atoms with E-state index in [2.05, 4.69) is 19.7 Å². The molecule has 0 saturated carbocycles. The number of sulfonamides is 1. The molecule has 1 aromatic heterocycles. The van der Waals surface area contributed by atoms with Gasteiger partial charge in [-0.2, -0.15) is 13.7 Å². The lowest BCUT2D eigenvalue weighted by atomic mass is 10.3. The van der Waals surface area contributed by atoms with E-state index in [1.54, 1.807) is 12.1 Å². The number of benzene rings is 2. The molecule has 0 fully saturated rings. The third-order valence-electron chi connectivity index (χ3n) is 3.71. The van der Waals surface area contributed by atoms with Crippen molar-refractivity contribution in [3.05, 3.63) is 78.4 Å². The Morgan fingerprint density at radius 2 is 1.77 bits per heavy atom. The summed E-state index contributed by atoms with van der Waals surface area (Å²) in [4.78, 5) is 9.79. The summed E-state index contributed by atoms with van der Waals surface area (Å²) in [5, 5.41) is 20.1. The quantitative estimate of drug-likeness (QED) is 0.318. The zero-order valence-electron chi connectivity index (χ0n) is 14.6. The number of rotatable bonds is 5. The average Bonchev–Trinajstić information content (AvgIpc) is 3.09. The van der Waals surface area contributed by atoms with E-state index in [0.29, 0.717) is 4.47 Å². The van der Waals surface area contributed by atoms with Crippen LogP contribution in [-0.4, -0.2) is 17.6 Å². The highest BCUT2D eigenvalue weighted by Crippen LogP contribution is 2.38. The minimum Gasteiger partial charge on any atom is -0.258 e. The summed E-state index contributed by atoms with van der Waals surface area (Å²) >= 11 is 10.2. The first kappa shape index (κ1) is 22.4. The molecule has 1 unspecified atom stereocenters. The Kier molecular flexibility index (Phi) is 6.30. The van der Waals surface area contributed by atoms with Crippen LogP contribution in [0.5, 0.6) is 0 Å². The van der Waals surface area contributed by atoms with Crippen LogP contribution in [0.15, 0.2) is 77.5 Å². The van der Waals surface area contributed by atoms with E-state index in [0.717, 1.165) is 29.5 Å². The van der Waals surface area contributed by atoms with E-state index in [9.17, 15) is 22.7 Å². The number of nitriles is 1. The molecule has 30 heavy (non-hydrogen) atoms. The lowest BCUT2D eigenvalue weighted by molar-refractivity contribution is -0.385. The first-order chi connectivity index (χ1) is 14.1. The number of nitrogens with zero attached hydrogens (tertiary/aromatic N) is 3. The Hall–Kier alpha value is -2.30. The first-order valence-corrected chi connectivity index (χ1v) is 12.7. The molecular weight excluding hydrogens is 538 g/mol. The topological polar surface area (TPSA) is 130 Å². The molecule has 2 aromatic carbocycles. The van der Waals surface area contributed by atoms with Gasteiger partial charge in [-0.1, -0.05) is 43.4 Å². The van der Waals surface area contributed by atoms with Gasteiger partial charge >= 0.3 is 0 Å². The molecule has 0 aliphatic rings. The maximum absolute atomic E-state index is 14.0. The van der Waals surface area contributed by atoms with Crippen LogP contribution in [0.3, 0.4) is 0 Å². The molecule has 154 valence electrons. The van der Waals surface area contributed by atoms with Crippen LogP contribution in [0, 0.1) is 21.4 Å². The molecule has 13 heteroatoms. The number of thiophene rings is 1. The number of halogens is 2. The fourth-order valence-corrected chi connectivity index (χ4v) is 8.60. The van der Waals surface area contributed by atoms with Gasteiger partial charge in [0.25, 0.3) is 15.7 Å². The van der Waals surface area contributed by atoms with E-state index in [1.165, 1.54) is 24.3 Å². The minimum atomic E-state index is -4.60. The molecule has 1 heterocycles. The number of nitro groups is 1. The van der Waals surface area contributed by atoms with E-state index >= 15 is 0 Å². The first-order valence-electron chi connectivity index (χ1n) is 7.80. The third kappa shape index (κ3) is 4.40. The standard InChI is InChI=1S/C17H9BrClN3O5S3/c18-11-3-1-5-14(7-11)29(25,16-9-13(10-20)28-17(16)19)21-30(26,27)15-6-2-4-12(8-15)22(23)24/h1-9H. The molecule has 0 spiro atoms. The smallest absolute Gasteiger partial charge is 0.258 e. The largest absolute Gasteiger partial charge is 0.290 e. The summed E-state index contributed by atoms with van der Waals surface area (Å²) in [5.74, 6) is 0. The highest BCUT2D eigenvalue weighted by Gasteiger charge is 2.28. The monoisotopic (exact) mass is 545 g/mol. The van der Waals surface area contributed by atoms with Crippen LogP contribution < -0.4 is 0 Å². The second-order valence-corrected chi connectivity index (χ2v) is 12.2. The molecule has 0 aliphatic carbocycles. The van der Waals surface area contributed by atoms with Gasteiger partial charge in [0.1, 0.15) is 25.0 Å². The van der Waals surface area contributed by atoms with Crippen molar-refractivity contribution in [3.8, 4) is 6.07 Å². The summed E-state index contributed by atoms with van der Waals surface area (Å²) in [6.07, 6.45) is 0. The zero-order valence-corrected chi connectivity index (χ0v) is 19.4. The van der Waals surface area contributed by atoms with E-state index in [1.807, 2.05) is 6.07 Å². The maximum atomic E-state index is 14.0. The molecule has 3 aromatic rings. The van der Waals surface area contributed by atoms with Crippen molar-refractivity contribution in [3.63, 3.8) is 0 Å². The SMILES string of the molecule is N#Cc1cc(S(=O)(=NS(=O)(=O)c2cccc([N+](=O)[O-])c2)c2cccc(Br)c2)c(Cl)s1. The summed E-state index contributed by atoms with van der Waals surface area (Å²) in [6.45, 7) is 0. The van der Waals surface area contributed by atoms with Gasteiger partial charge in [-0.25, -0.2) is 4.21 Å². The highest BCUT2D eigenvalue weighted by atomic mass is 79.9. The van der Waals surface area contributed by atoms with Crippen LogP contribution in [0.25, 0.3) is 0 Å². The molecule has 8 nitrogen and oxygen atoms in total. The molecule has 3 rings (SSSR count). The molecule has 0 N–H and O–H groups in total. The normalized spacial score (nSPS) is 13.2. The van der Waals surface area contributed by atoms with Gasteiger partial charge in [0.05, 0.1) is 19.6 Å². The lowest BCUT2D eigenvalue weighted by Crippen LogP contribution is -2.07. The summed E-state index contributed by atoms with van der Waals surface area (Å²) in [6, 6.07) is 13.4. The number of hydrogen-bond acceptors (Lipinski definition) is 7. The van der Waals surface area contributed by atoms with Gasteiger partial charge in [0.2, 0.25) is 0 Å². The highest BCUT2D eigenvalue weighted by molar-refractivity contribution is 9.10. The van der Waals surface area contributed by atoms with Crippen molar-refractivity contribution in [2.75, 3.05) is 0 Å². The van der Waals surface area contributed by atoms with E-state index < -0.39 is 35.3 Å². The Morgan fingerprint density at radius 3 is 2.37 bits per heavy atom. The molecule has 0 bridgehead atoms. The Balaban J connectivity index is 2.35. The van der Waals surface area contributed by atoms with Gasteiger partial charge in [-0.15, -0.1) is 11.3 Å². The van der Waals surface area contributed by atoms with Crippen molar-refractivity contribution in [2.45, 2.75) is 14.7 Å². The van der Waals surface area contributed by atoms with Crippen LogP contribution in [0.2, 0.25) is 4.34 Å². The predicted molar refractivity (Wildman–Crippen MR) is 116 cm³/mol. The average molecular weight is 547 g/mol. The van der Waals surface area contributed by atoms with Crippen molar-refractivity contribution >= 4 is 64.3 Å². The molecule has 0 saturated heterocycles. The molecular formula is C17H9BrClN3O5S3. The van der Waals surface area contributed by atoms with Gasteiger partial charge in [0.15, 0.2) is 0 Å². The predicted octanol–water partition coefficient (Wildman–Crippen LogP) is 5.22. The fourth-order valence-electron chi connectivity index (χ4n) is 2.38. The van der Waals surface area contributed by atoms with Crippen LogP contribution in [-0.2, 0) is 19.8 Å². The summed E-state index contributed by atoms with van der Waals surface area (Å²) in [7, 11) is -8.47. The molecule has 1 atom stereocenters. The van der Waals surface area contributed by atoms with E-state index in [4.69, 9.17) is 16.9 Å². The number of non-ortho nitro benzene ring substituents is 1. The molecule has 0 radical (unpaired) electrons. The lowest BCUT2D eigenvalue weighted by Gasteiger charge is -2.10. The van der Waals surface area contributed by atoms with Gasteiger partial charge in [-0.05, 0) is 30.3 Å². The second-order valence-electron chi connectivity index (χ2n) is 5.65. The third-order valence-corrected chi connectivity index (χ3v) is 9.99. The van der Waals surface area contributed by atoms with Crippen LogP contribution in [0.1, 0.15) is 4.88 Å². The Morgan fingerprint density at radius 1 is 1.10 bits per heavy atom. The van der Waals surface area contributed by atoms with Gasteiger partial charge < -0.3 is 0 Å². The summed E-state index contributed by atoms with van der Waals surface area (Å²) < 4.78 is 44.1. The van der Waals surface area contributed by atoms with Crippen LogP contribution >= 0.6 is 38.9 Å². The number of nitro benzene ring substituents is 1. The van der Waals surface area contributed by atoms with Crippen molar-refractivity contribution in [2.24, 2.45) is 3.77 Å². The Labute approximate surface area is 189 Å². The van der Waals surface area contributed by atoms with E-state index in [-0.39, 0.29) is 19.0 Å². The number of hydrogen-bond donors (Lipinski definition) is 0.